The van der Waals surface area contributed by atoms with Crippen LogP contribution in [0.3, 0.4) is 0 Å². The van der Waals surface area contributed by atoms with Gasteiger partial charge in [-0.3, -0.25) is 4.79 Å². The van der Waals surface area contributed by atoms with Gasteiger partial charge in [0.25, 0.3) is 10.0 Å². The Hall–Kier alpha value is -2.02. The third-order valence-electron chi connectivity index (χ3n) is 2.98. The maximum Gasteiger partial charge on any atom is 0.258 e. The first-order valence-electron chi connectivity index (χ1n) is 5.83. The van der Waals surface area contributed by atoms with E-state index in [0.29, 0.717) is 29.8 Å². The third-order valence-corrected chi connectivity index (χ3v) is 4.99. The van der Waals surface area contributed by atoms with Gasteiger partial charge in [-0.15, -0.1) is 9.19 Å². The van der Waals surface area contributed by atoms with Gasteiger partial charge < -0.3 is 0 Å². The normalized spacial score (nSPS) is 15.4. The van der Waals surface area contributed by atoms with Crippen LogP contribution < -0.4 is 0 Å². The van der Waals surface area contributed by atoms with Gasteiger partial charge in [-0.1, -0.05) is 24.3 Å². The molecular formula is C12H11N3O3S. The van der Waals surface area contributed by atoms with Gasteiger partial charge in [-0.2, -0.15) is 0 Å². The van der Waals surface area contributed by atoms with E-state index in [1.807, 2.05) is 0 Å². The standard InChI is InChI=1S/C12H11N3O3S/c16-7-9-1-3-10(4-2-9)12-13-8-15(14-12)19(17,18)11-5-6-11/h1-4,7-8,11H,5-6H2. The topological polar surface area (TPSA) is 81.9 Å². The van der Waals surface area contributed by atoms with E-state index in [9.17, 15) is 13.2 Å². The van der Waals surface area contributed by atoms with Crippen LogP contribution in [0.5, 0.6) is 0 Å². The minimum atomic E-state index is -3.38. The monoisotopic (exact) mass is 277 g/mol. The van der Waals surface area contributed by atoms with E-state index in [1.54, 1.807) is 24.3 Å². The van der Waals surface area contributed by atoms with Gasteiger partial charge >= 0.3 is 0 Å². The molecule has 0 bridgehead atoms. The molecule has 1 aromatic heterocycles. The van der Waals surface area contributed by atoms with E-state index in [2.05, 4.69) is 10.1 Å². The fraction of sp³-hybridized carbons (Fsp3) is 0.250. The molecule has 1 heterocycles. The predicted octanol–water partition coefficient (Wildman–Crippen LogP) is 1.10. The number of carbonyl (C=O) groups is 1. The second-order valence-electron chi connectivity index (χ2n) is 4.42. The Kier molecular flexibility index (Phi) is 2.70. The molecule has 1 saturated carbocycles. The number of hydrogen-bond acceptors (Lipinski definition) is 5. The van der Waals surface area contributed by atoms with E-state index < -0.39 is 10.0 Å². The third kappa shape index (κ3) is 2.17. The minimum absolute atomic E-state index is 0.320. The number of benzene rings is 1. The molecule has 19 heavy (non-hydrogen) atoms. The van der Waals surface area contributed by atoms with Crippen LogP contribution in [0, 0.1) is 0 Å². The maximum absolute atomic E-state index is 12.0. The molecule has 0 saturated heterocycles. The molecule has 0 spiro atoms. The molecule has 1 aromatic carbocycles. The molecule has 0 unspecified atom stereocenters. The first-order valence-corrected chi connectivity index (χ1v) is 7.33. The molecule has 1 fully saturated rings. The Balaban J connectivity index is 1.94. The number of aldehydes is 1. The zero-order chi connectivity index (χ0) is 13.5. The highest BCUT2D eigenvalue weighted by Crippen LogP contribution is 2.29. The Morgan fingerprint density at radius 1 is 1.21 bits per heavy atom. The number of nitrogens with zero attached hydrogens (tertiary/aromatic N) is 3. The fourth-order valence-corrected chi connectivity index (χ4v) is 3.14. The van der Waals surface area contributed by atoms with Crippen LogP contribution in [0.25, 0.3) is 11.4 Å². The van der Waals surface area contributed by atoms with Crippen molar-refractivity contribution in [2.24, 2.45) is 0 Å². The second-order valence-corrected chi connectivity index (χ2v) is 6.50. The number of aromatic nitrogens is 3. The highest BCUT2D eigenvalue weighted by atomic mass is 32.2. The summed E-state index contributed by atoms with van der Waals surface area (Å²) in [5, 5.41) is 3.68. The van der Waals surface area contributed by atoms with Crippen LogP contribution in [0.2, 0.25) is 0 Å². The van der Waals surface area contributed by atoms with Crippen LogP contribution in [0.4, 0.5) is 0 Å². The van der Waals surface area contributed by atoms with Crippen LogP contribution in [-0.2, 0) is 10.0 Å². The smallest absolute Gasteiger partial charge is 0.258 e. The average Bonchev–Trinajstić information content (AvgIpc) is 3.17. The van der Waals surface area contributed by atoms with E-state index >= 15 is 0 Å². The first-order chi connectivity index (χ1) is 9.11. The Morgan fingerprint density at radius 2 is 1.89 bits per heavy atom. The maximum atomic E-state index is 12.0. The van der Waals surface area contributed by atoms with Gasteiger partial charge in [-0.25, -0.2) is 13.4 Å². The molecule has 1 aliphatic carbocycles. The van der Waals surface area contributed by atoms with E-state index in [1.165, 1.54) is 6.33 Å². The summed E-state index contributed by atoms with van der Waals surface area (Å²) in [6.07, 6.45) is 3.33. The molecule has 0 N–H and O–H groups in total. The van der Waals surface area contributed by atoms with Crippen molar-refractivity contribution in [1.82, 2.24) is 14.2 Å². The lowest BCUT2D eigenvalue weighted by Gasteiger charge is -1.99. The van der Waals surface area contributed by atoms with Crippen LogP contribution in [0.15, 0.2) is 30.6 Å². The lowest BCUT2D eigenvalue weighted by molar-refractivity contribution is 0.112. The summed E-state index contributed by atoms with van der Waals surface area (Å²) in [5.74, 6) is 0.335. The van der Waals surface area contributed by atoms with Crippen LogP contribution in [0.1, 0.15) is 23.2 Å². The Labute approximate surface area is 110 Å². The predicted molar refractivity (Wildman–Crippen MR) is 68.2 cm³/mol. The SMILES string of the molecule is O=Cc1ccc(-c2ncn(S(=O)(=O)C3CC3)n2)cc1. The molecule has 0 aliphatic heterocycles. The molecular weight excluding hydrogens is 266 g/mol. The number of carbonyl (C=O) groups excluding carboxylic acids is 1. The summed E-state index contributed by atoms with van der Waals surface area (Å²) in [6, 6.07) is 6.65. The van der Waals surface area contributed by atoms with Gasteiger partial charge in [0, 0.05) is 11.1 Å². The molecule has 0 radical (unpaired) electrons. The number of rotatable bonds is 4. The van der Waals surface area contributed by atoms with Crippen molar-refractivity contribution in [3.05, 3.63) is 36.2 Å². The molecule has 0 amide bonds. The highest BCUT2D eigenvalue weighted by Gasteiger charge is 2.37. The van der Waals surface area contributed by atoms with Crippen molar-refractivity contribution in [2.45, 2.75) is 18.1 Å². The summed E-state index contributed by atoms with van der Waals surface area (Å²) in [4.78, 5) is 14.6. The van der Waals surface area contributed by atoms with E-state index in [-0.39, 0.29) is 5.25 Å². The van der Waals surface area contributed by atoms with Gasteiger partial charge in [0.2, 0.25) is 0 Å². The zero-order valence-corrected chi connectivity index (χ0v) is 10.7. The number of hydrogen-bond donors (Lipinski definition) is 0. The van der Waals surface area contributed by atoms with Crippen molar-refractivity contribution in [2.75, 3.05) is 0 Å². The van der Waals surface area contributed by atoms with Gasteiger partial charge in [0.05, 0.1) is 5.25 Å². The summed E-state index contributed by atoms with van der Waals surface area (Å²) in [7, 11) is -3.38. The molecule has 6 nitrogen and oxygen atoms in total. The molecule has 0 atom stereocenters. The van der Waals surface area contributed by atoms with Gasteiger partial charge in [0.15, 0.2) is 5.82 Å². The molecule has 98 valence electrons. The van der Waals surface area contributed by atoms with E-state index in [4.69, 9.17) is 0 Å². The lowest BCUT2D eigenvalue weighted by atomic mass is 10.1. The Bertz CT molecular complexity index is 715. The van der Waals surface area contributed by atoms with Crippen molar-refractivity contribution < 1.29 is 13.2 Å². The average molecular weight is 277 g/mol. The molecule has 7 heteroatoms. The minimum Gasteiger partial charge on any atom is -0.298 e. The van der Waals surface area contributed by atoms with E-state index in [0.717, 1.165) is 10.4 Å². The largest absolute Gasteiger partial charge is 0.298 e. The van der Waals surface area contributed by atoms with Crippen molar-refractivity contribution in [3.8, 4) is 11.4 Å². The summed E-state index contributed by atoms with van der Waals surface area (Å²) in [5.41, 5.74) is 1.23. The first kappa shape index (κ1) is 12.0. The van der Waals surface area contributed by atoms with Crippen LogP contribution in [-0.4, -0.2) is 34.1 Å². The van der Waals surface area contributed by atoms with Gasteiger partial charge in [-0.05, 0) is 12.8 Å². The van der Waals surface area contributed by atoms with Crippen molar-refractivity contribution in [1.29, 1.82) is 0 Å². The van der Waals surface area contributed by atoms with Gasteiger partial charge in [0.1, 0.15) is 12.6 Å². The summed E-state index contributed by atoms with van der Waals surface area (Å²) >= 11 is 0. The van der Waals surface area contributed by atoms with Crippen molar-refractivity contribution >= 4 is 16.3 Å². The molecule has 1 aliphatic rings. The lowest BCUT2D eigenvalue weighted by Crippen LogP contribution is -2.17. The fourth-order valence-electron chi connectivity index (χ4n) is 1.73. The Morgan fingerprint density at radius 3 is 2.47 bits per heavy atom. The molecule has 2 aromatic rings. The highest BCUT2D eigenvalue weighted by molar-refractivity contribution is 7.90. The zero-order valence-electron chi connectivity index (χ0n) is 9.93. The molecule has 3 rings (SSSR count). The van der Waals surface area contributed by atoms with Crippen molar-refractivity contribution in [3.63, 3.8) is 0 Å². The quantitative estimate of drug-likeness (QED) is 0.781. The summed E-state index contributed by atoms with van der Waals surface area (Å²) in [6.45, 7) is 0. The second kappa shape index (κ2) is 4.27. The van der Waals surface area contributed by atoms with Crippen LogP contribution >= 0.6 is 0 Å². The summed E-state index contributed by atoms with van der Waals surface area (Å²) < 4.78 is 24.8.